The average molecular weight is 1720 g/mol. The van der Waals surface area contributed by atoms with Crippen molar-refractivity contribution in [2.24, 2.45) is 0 Å². The van der Waals surface area contributed by atoms with E-state index in [9.17, 15) is 66.1 Å². The zero-order chi connectivity index (χ0) is 88.0. The summed E-state index contributed by atoms with van der Waals surface area (Å²) in [7, 11) is -16.9. The van der Waals surface area contributed by atoms with Crippen molar-refractivity contribution in [1.82, 2.24) is 0 Å². The van der Waals surface area contributed by atoms with Gasteiger partial charge >= 0.3 is 0 Å². The maximum absolute atomic E-state index is 12.3. The summed E-state index contributed by atoms with van der Waals surface area (Å²) in [5.41, 5.74) is 12.8. The molecule has 0 unspecified atom stereocenters. The Labute approximate surface area is 702 Å². The predicted octanol–water partition coefficient (Wildman–Crippen LogP) is 18.4. The summed E-state index contributed by atoms with van der Waals surface area (Å²) in [5, 5.41) is 11.4. The molecule has 0 aromatic heterocycles. The number of carbonyl (C=O) groups is 5. The van der Waals surface area contributed by atoms with Gasteiger partial charge in [-0.2, -0.15) is 0 Å². The Hall–Kier alpha value is -11.7. The van der Waals surface area contributed by atoms with Crippen LogP contribution in [-0.2, 0) is 63.0 Å². The second-order valence-corrected chi connectivity index (χ2v) is 40.3. The van der Waals surface area contributed by atoms with E-state index in [0.29, 0.717) is 73.5 Å². The Morgan fingerprint density at radius 2 is 0.454 bits per heavy atom. The molecule has 0 saturated carbocycles. The highest BCUT2D eigenvalue weighted by atomic mass is 32.2. The molecule has 10 N–H and O–H groups in total. The molecule has 0 aliphatic heterocycles. The topological polar surface area (TPSA) is 376 Å². The largest absolute Gasteiger partial charge is 0.322 e. The van der Waals surface area contributed by atoms with Gasteiger partial charge < -0.3 is 26.6 Å². The van der Waals surface area contributed by atoms with E-state index in [2.05, 4.69) is 77.9 Å². The summed E-state index contributed by atoms with van der Waals surface area (Å²) < 4.78 is 131. The third-order valence-electron chi connectivity index (χ3n) is 17.7. The van der Waals surface area contributed by atoms with Crippen LogP contribution in [0.3, 0.4) is 0 Å². The maximum atomic E-state index is 12.3. The second-order valence-electron chi connectivity index (χ2n) is 29.1. The lowest BCUT2D eigenvalue weighted by Crippen LogP contribution is -2.22. The lowest BCUT2D eigenvalue weighted by atomic mass is 10.0. The van der Waals surface area contributed by atoms with Crippen LogP contribution >= 0.6 is 0 Å². The first kappa shape index (κ1) is 96.1. The van der Waals surface area contributed by atoms with Crippen molar-refractivity contribution >= 4 is 137 Å². The highest BCUT2D eigenvalue weighted by Crippen LogP contribution is 2.24. The number of hydrogen-bond donors (Lipinski definition) is 10. The fourth-order valence-corrected chi connectivity index (χ4v) is 13.4. The van der Waals surface area contributed by atoms with Crippen LogP contribution in [-0.4, -0.2) is 97.9 Å². The van der Waals surface area contributed by atoms with Gasteiger partial charge in [-0.25, -0.2) is 42.1 Å². The minimum absolute atomic E-state index is 0.235. The number of amides is 5. The Bertz CT molecular complexity index is 5580. The predicted molar refractivity (Wildman–Crippen MR) is 485 cm³/mol. The summed E-state index contributed by atoms with van der Waals surface area (Å²) in [4.78, 5) is 61.0. The van der Waals surface area contributed by atoms with Crippen molar-refractivity contribution in [1.29, 1.82) is 0 Å². The number of anilines is 10. The minimum Gasteiger partial charge on any atom is -0.322 e. The quantitative estimate of drug-likeness (QED) is 0.0208. The number of aryl methyl sites for hydroxylation is 3. The van der Waals surface area contributed by atoms with E-state index in [1.54, 1.807) is 203 Å². The van der Waals surface area contributed by atoms with Gasteiger partial charge in [-0.05, 0) is 294 Å². The molecule has 5 amide bonds. The second kappa shape index (κ2) is 44.7. The first-order valence-electron chi connectivity index (χ1n) is 38.5. The highest BCUT2D eigenvalue weighted by molar-refractivity contribution is 7.94. The molecule has 0 atom stereocenters. The van der Waals surface area contributed by atoms with Gasteiger partial charge in [0, 0.05) is 84.7 Å². The van der Waals surface area contributed by atoms with Gasteiger partial charge in [0.25, 0.3) is 29.5 Å². The monoisotopic (exact) mass is 1720 g/mol. The summed E-state index contributed by atoms with van der Waals surface area (Å²) in [5.74, 6) is -0.766. The summed E-state index contributed by atoms with van der Waals surface area (Å²) >= 11 is 0. The summed E-state index contributed by atoms with van der Waals surface area (Å²) in [6, 6.07) is 71.4. The van der Waals surface area contributed by atoms with Gasteiger partial charge in [0.05, 0.1) is 26.2 Å². The molecule has 0 heterocycles. The van der Waals surface area contributed by atoms with E-state index in [1.807, 2.05) is 122 Å². The van der Waals surface area contributed by atoms with Crippen LogP contribution < -0.4 is 50.2 Å². The normalized spacial score (nSPS) is 11.4. The van der Waals surface area contributed by atoms with Crippen molar-refractivity contribution in [3.05, 3.63) is 299 Å². The van der Waals surface area contributed by atoms with Crippen LogP contribution in [0, 0.1) is 6.92 Å². The summed E-state index contributed by atoms with van der Waals surface area (Å²) in [6.07, 6.45) is 3.04. The van der Waals surface area contributed by atoms with E-state index in [1.165, 1.54) is 16.7 Å². The van der Waals surface area contributed by atoms with Crippen LogP contribution in [0.25, 0.3) is 0 Å². The molecule has 25 nitrogen and oxygen atoms in total. The zero-order valence-corrected chi connectivity index (χ0v) is 73.5. The molecule has 10 aromatic carbocycles. The zero-order valence-electron chi connectivity index (χ0n) is 69.4. The van der Waals surface area contributed by atoms with E-state index < -0.39 is 76.4 Å². The van der Waals surface area contributed by atoms with Crippen molar-refractivity contribution in [2.45, 2.75) is 155 Å². The molecule has 0 spiro atoms. The Kier molecular flexibility index (Phi) is 36.2. The van der Waals surface area contributed by atoms with Crippen molar-refractivity contribution in [3.63, 3.8) is 0 Å². The molecular weight excluding hydrogens is 1610 g/mol. The Balaban J connectivity index is 0.000000231. The maximum Gasteiger partial charge on any atom is 0.255 e. The van der Waals surface area contributed by atoms with Gasteiger partial charge in [-0.3, -0.25) is 47.6 Å². The lowest BCUT2D eigenvalue weighted by Gasteiger charge is -2.11. The third kappa shape index (κ3) is 31.9. The first-order valence-corrected chi connectivity index (χ1v) is 46.3. The van der Waals surface area contributed by atoms with Gasteiger partial charge in [-0.15, -0.1) is 0 Å². The van der Waals surface area contributed by atoms with Crippen LogP contribution in [0.5, 0.6) is 0 Å². The molecular formula is C89H108N10O15S5. The average Bonchev–Trinajstić information content (AvgIpc) is 0.859. The van der Waals surface area contributed by atoms with Gasteiger partial charge in [0.1, 0.15) is 0 Å². The van der Waals surface area contributed by atoms with Gasteiger partial charge in [-0.1, -0.05) is 106 Å². The number of rotatable bonds is 29. The molecule has 10 rings (SSSR count). The van der Waals surface area contributed by atoms with Crippen LogP contribution in [0.2, 0.25) is 0 Å². The van der Waals surface area contributed by atoms with Gasteiger partial charge in [0.15, 0.2) is 0 Å². The fourth-order valence-electron chi connectivity index (χ4n) is 9.85. The molecule has 0 radical (unpaired) electrons. The third-order valence-corrected chi connectivity index (χ3v) is 26.5. The van der Waals surface area contributed by atoms with E-state index in [0.717, 1.165) is 41.9 Å². The molecule has 0 saturated heterocycles. The number of para-hydroxylation sites is 1. The molecule has 30 heteroatoms. The van der Waals surface area contributed by atoms with Crippen LogP contribution in [0.15, 0.2) is 249 Å². The van der Waals surface area contributed by atoms with Crippen molar-refractivity contribution < 1.29 is 66.1 Å². The minimum atomic E-state index is -3.39. The Morgan fingerprint density at radius 3 is 0.664 bits per heavy atom. The van der Waals surface area contributed by atoms with Crippen LogP contribution in [0.4, 0.5) is 56.9 Å². The highest BCUT2D eigenvalue weighted by Gasteiger charge is 2.22. The van der Waals surface area contributed by atoms with Crippen molar-refractivity contribution in [2.75, 3.05) is 50.2 Å². The smallest absolute Gasteiger partial charge is 0.255 e. The van der Waals surface area contributed by atoms with Gasteiger partial charge in [0.2, 0.25) is 50.1 Å². The number of sulfonamides is 5. The van der Waals surface area contributed by atoms with Crippen molar-refractivity contribution in [3.8, 4) is 0 Å². The van der Waals surface area contributed by atoms with E-state index >= 15 is 0 Å². The van der Waals surface area contributed by atoms with E-state index in [4.69, 9.17) is 0 Å². The molecule has 634 valence electrons. The first-order chi connectivity index (χ1) is 56.0. The summed E-state index contributed by atoms with van der Waals surface area (Å²) in [6.45, 7) is 26.4. The van der Waals surface area contributed by atoms with Crippen LogP contribution in [0.1, 0.15) is 183 Å². The van der Waals surface area contributed by atoms with E-state index in [-0.39, 0.29) is 29.5 Å². The lowest BCUT2D eigenvalue weighted by molar-refractivity contribution is 0.101. The molecule has 0 fully saturated rings. The molecule has 0 bridgehead atoms. The number of carbonyl (C=O) groups excluding carboxylic acids is 5. The molecule has 10 aromatic rings. The SMILES string of the molecule is CC(C)S(=O)(=O)Nc1ccc(C(=O)Nc2ccccc2)cc1.CC(C)c1ccc(NC(=O)c2ccc(NS(=O)(=O)C(C)C)cc2)cc1.CCCc1ccc(NC(=O)c2ccc(NS(=O)(=O)C(C)C)cc2)cc1.CCc1ccc(NC(=O)c2ccc(NS(=O)(=O)C(C)C)cc2)cc1.Cc1ccc(NC(=O)c2ccc(NS(=O)(=O)C(C)C)cc2)cc1. The molecule has 119 heavy (non-hydrogen) atoms. The standard InChI is InChI=1S/2C19H24N2O3S.C18H22N2O3S.C17H20N2O3S.C16H18N2O3S/c1-13(2)15-5-9-17(10-6-15)20-19(22)16-7-11-18(12-8-16)21-25(23,24)14(3)4;1-4-5-15-6-10-17(11-7-15)20-19(22)16-8-12-18(13-9-16)21-25(23,24)14(2)3;1-4-14-5-9-16(10-6-14)19-18(21)15-7-11-17(12-8-15)20-24(22,23)13(2)3;1-12(2)23(21,22)19-16-10-6-14(7-11-16)17(20)18-15-8-4-13(3)5-9-15;1-12(2)22(20,21)18-15-10-8-13(9-11-15)16(19)17-14-6-4-3-5-7-14/h5-14,21H,1-4H3,(H,20,22);6-14,21H,4-5H2,1-3H3,(H,20,22);5-13,20H,4H2,1-3H3,(H,19,21);4-12,19H,1-3H3,(H,18,20);3-12,18H,1-2H3,(H,17,19). The number of benzene rings is 10. The fraction of sp³-hybridized carbons (Fsp3) is 0.270. The molecule has 0 aliphatic rings. The Morgan fingerprint density at radius 1 is 0.252 bits per heavy atom. The molecule has 0 aliphatic carbocycles. The number of hydrogen-bond acceptors (Lipinski definition) is 15. The number of nitrogens with one attached hydrogen (secondary N) is 10.